The van der Waals surface area contributed by atoms with Crippen LogP contribution in [0.2, 0.25) is 0 Å². The first-order chi connectivity index (χ1) is 8.02. The normalized spacial score (nSPS) is 11.5. The van der Waals surface area contributed by atoms with Gasteiger partial charge in [-0.3, -0.25) is 10.1 Å². The molecule has 1 aromatic carbocycles. The number of halogens is 1. The van der Waals surface area contributed by atoms with E-state index in [0.717, 1.165) is 0 Å². The van der Waals surface area contributed by atoms with Crippen molar-refractivity contribution >= 4 is 39.3 Å². The molecule has 0 aliphatic rings. The molecule has 0 fully saturated rings. The van der Waals surface area contributed by atoms with Crippen molar-refractivity contribution in [2.24, 2.45) is 0 Å². The molecule has 17 heavy (non-hydrogen) atoms. The highest BCUT2D eigenvalue weighted by Gasteiger charge is 2.08. The molecule has 92 valence electrons. The highest BCUT2D eigenvalue weighted by Crippen LogP contribution is 2.14. The molecular weight excluding hydrogens is 288 g/mol. The van der Waals surface area contributed by atoms with Crippen molar-refractivity contribution in [3.8, 4) is 0 Å². The van der Waals surface area contributed by atoms with Gasteiger partial charge in [-0.25, -0.2) is 4.79 Å². The van der Waals surface area contributed by atoms with Crippen LogP contribution >= 0.6 is 15.9 Å². The van der Waals surface area contributed by atoms with Crippen molar-refractivity contribution in [3.63, 3.8) is 0 Å². The molecule has 0 heterocycles. The smallest absolute Gasteiger partial charge is 0.411 e. The SMILES string of the molecule is COC(=O)Nc1ccc(NC(=O)C(C)Br)cc1. The third kappa shape index (κ3) is 4.44. The highest BCUT2D eigenvalue weighted by molar-refractivity contribution is 9.10. The van der Waals surface area contributed by atoms with Gasteiger partial charge < -0.3 is 10.1 Å². The zero-order valence-corrected chi connectivity index (χ0v) is 11.1. The average Bonchev–Trinajstić information content (AvgIpc) is 2.31. The summed E-state index contributed by atoms with van der Waals surface area (Å²) < 4.78 is 4.45. The molecule has 0 radical (unpaired) electrons. The van der Waals surface area contributed by atoms with Crippen LogP contribution in [0.25, 0.3) is 0 Å². The Labute approximate surface area is 108 Å². The zero-order valence-electron chi connectivity index (χ0n) is 9.49. The Balaban J connectivity index is 2.62. The summed E-state index contributed by atoms with van der Waals surface area (Å²) >= 11 is 3.17. The molecule has 6 heteroatoms. The van der Waals surface area contributed by atoms with Crippen LogP contribution in [0.5, 0.6) is 0 Å². The van der Waals surface area contributed by atoms with E-state index in [2.05, 4.69) is 31.3 Å². The minimum absolute atomic E-state index is 0.126. The number of benzene rings is 1. The van der Waals surface area contributed by atoms with Crippen LogP contribution in [0.4, 0.5) is 16.2 Å². The topological polar surface area (TPSA) is 67.4 Å². The maximum absolute atomic E-state index is 11.4. The van der Waals surface area contributed by atoms with Crippen molar-refractivity contribution in [3.05, 3.63) is 24.3 Å². The number of methoxy groups -OCH3 is 1. The van der Waals surface area contributed by atoms with Crippen molar-refractivity contribution in [1.29, 1.82) is 0 Å². The van der Waals surface area contributed by atoms with E-state index in [1.165, 1.54) is 7.11 Å². The maximum atomic E-state index is 11.4. The molecule has 0 aliphatic carbocycles. The van der Waals surface area contributed by atoms with Gasteiger partial charge in [0.05, 0.1) is 11.9 Å². The molecule has 0 bridgehead atoms. The first kappa shape index (κ1) is 13.5. The molecule has 0 saturated carbocycles. The van der Waals surface area contributed by atoms with Crippen LogP contribution in [-0.2, 0) is 9.53 Å². The summed E-state index contributed by atoms with van der Waals surface area (Å²) in [6, 6.07) is 6.73. The van der Waals surface area contributed by atoms with Crippen LogP contribution in [-0.4, -0.2) is 23.9 Å². The summed E-state index contributed by atoms with van der Waals surface area (Å²) in [4.78, 5) is 22.0. The Bertz CT molecular complexity index is 404. The molecular formula is C11H13BrN2O3. The van der Waals surface area contributed by atoms with Crippen LogP contribution in [0, 0.1) is 0 Å². The Kier molecular flexibility index (Phi) is 4.96. The molecule has 0 aliphatic heterocycles. The summed E-state index contributed by atoms with van der Waals surface area (Å²) in [5, 5.41) is 5.22. The van der Waals surface area contributed by atoms with E-state index in [4.69, 9.17) is 0 Å². The number of anilines is 2. The minimum atomic E-state index is -0.532. The number of alkyl halides is 1. The lowest BCUT2D eigenvalue weighted by atomic mass is 10.2. The molecule has 2 amide bonds. The maximum Gasteiger partial charge on any atom is 0.411 e. The lowest BCUT2D eigenvalue weighted by Crippen LogP contribution is -2.19. The minimum Gasteiger partial charge on any atom is -0.453 e. The lowest BCUT2D eigenvalue weighted by molar-refractivity contribution is -0.115. The van der Waals surface area contributed by atoms with Gasteiger partial charge >= 0.3 is 6.09 Å². The fraction of sp³-hybridized carbons (Fsp3) is 0.273. The van der Waals surface area contributed by atoms with Gasteiger partial charge in [-0.1, -0.05) is 15.9 Å². The summed E-state index contributed by atoms with van der Waals surface area (Å²) in [6.45, 7) is 1.74. The predicted molar refractivity (Wildman–Crippen MR) is 69.5 cm³/mol. The van der Waals surface area contributed by atoms with E-state index >= 15 is 0 Å². The second-order valence-electron chi connectivity index (χ2n) is 3.30. The summed E-state index contributed by atoms with van der Waals surface area (Å²) in [6.07, 6.45) is -0.532. The molecule has 1 unspecified atom stereocenters. The quantitative estimate of drug-likeness (QED) is 0.843. The van der Waals surface area contributed by atoms with Gasteiger partial charge in [0.1, 0.15) is 0 Å². The van der Waals surface area contributed by atoms with Crippen LogP contribution < -0.4 is 10.6 Å². The van der Waals surface area contributed by atoms with E-state index in [-0.39, 0.29) is 10.7 Å². The first-order valence-corrected chi connectivity index (χ1v) is 5.84. The van der Waals surface area contributed by atoms with Gasteiger partial charge in [0.25, 0.3) is 0 Å². The zero-order chi connectivity index (χ0) is 12.8. The van der Waals surface area contributed by atoms with Crippen LogP contribution in [0.1, 0.15) is 6.92 Å². The van der Waals surface area contributed by atoms with Gasteiger partial charge in [-0.05, 0) is 31.2 Å². The van der Waals surface area contributed by atoms with Crippen LogP contribution in [0.15, 0.2) is 24.3 Å². The Hall–Kier alpha value is -1.56. The monoisotopic (exact) mass is 300 g/mol. The second-order valence-corrected chi connectivity index (χ2v) is 4.67. The van der Waals surface area contributed by atoms with E-state index < -0.39 is 6.09 Å². The summed E-state index contributed by atoms with van der Waals surface area (Å²) in [5.41, 5.74) is 1.26. The van der Waals surface area contributed by atoms with Crippen molar-refractivity contribution < 1.29 is 14.3 Å². The number of carbonyl (C=O) groups is 2. The molecule has 1 atom stereocenters. The Morgan fingerprint density at radius 3 is 2.06 bits per heavy atom. The lowest BCUT2D eigenvalue weighted by Gasteiger charge is -2.08. The van der Waals surface area contributed by atoms with Crippen molar-refractivity contribution in [1.82, 2.24) is 0 Å². The fourth-order valence-electron chi connectivity index (χ4n) is 1.05. The molecule has 1 rings (SSSR count). The van der Waals surface area contributed by atoms with Gasteiger partial charge in [0.15, 0.2) is 0 Å². The van der Waals surface area contributed by atoms with Gasteiger partial charge in [-0.2, -0.15) is 0 Å². The summed E-state index contributed by atoms with van der Waals surface area (Å²) in [5.74, 6) is -0.126. The fourth-order valence-corrected chi connectivity index (χ4v) is 1.16. The number of amides is 2. The molecule has 2 N–H and O–H groups in total. The standard InChI is InChI=1S/C11H13BrN2O3/c1-7(12)10(15)13-8-3-5-9(6-4-8)14-11(16)17-2/h3-7H,1-2H3,(H,13,15)(H,14,16). The highest BCUT2D eigenvalue weighted by atomic mass is 79.9. The molecule has 0 saturated heterocycles. The number of hydrogen-bond donors (Lipinski definition) is 2. The number of rotatable bonds is 3. The Morgan fingerprint density at radius 1 is 1.18 bits per heavy atom. The van der Waals surface area contributed by atoms with Gasteiger partial charge in [-0.15, -0.1) is 0 Å². The average molecular weight is 301 g/mol. The number of ether oxygens (including phenoxy) is 1. The third-order valence-electron chi connectivity index (χ3n) is 1.95. The third-order valence-corrected chi connectivity index (χ3v) is 2.36. The van der Waals surface area contributed by atoms with E-state index in [1.807, 2.05) is 0 Å². The largest absolute Gasteiger partial charge is 0.453 e. The number of nitrogens with one attached hydrogen (secondary N) is 2. The van der Waals surface area contributed by atoms with E-state index in [9.17, 15) is 9.59 Å². The summed E-state index contributed by atoms with van der Waals surface area (Å²) in [7, 11) is 1.29. The second kappa shape index (κ2) is 6.24. The first-order valence-electron chi connectivity index (χ1n) is 4.93. The van der Waals surface area contributed by atoms with Gasteiger partial charge in [0, 0.05) is 11.4 Å². The number of hydrogen-bond acceptors (Lipinski definition) is 3. The number of carbonyl (C=O) groups excluding carboxylic acids is 2. The van der Waals surface area contributed by atoms with Crippen molar-refractivity contribution in [2.45, 2.75) is 11.8 Å². The van der Waals surface area contributed by atoms with E-state index in [0.29, 0.717) is 11.4 Å². The predicted octanol–water partition coefficient (Wildman–Crippen LogP) is 2.59. The van der Waals surface area contributed by atoms with Crippen molar-refractivity contribution in [2.75, 3.05) is 17.7 Å². The molecule has 0 spiro atoms. The van der Waals surface area contributed by atoms with Crippen LogP contribution in [0.3, 0.4) is 0 Å². The van der Waals surface area contributed by atoms with Gasteiger partial charge in [0.2, 0.25) is 5.91 Å². The molecule has 0 aromatic heterocycles. The molecule has 1 aromatic rings. The molecule has 5 nitrogen and oxygen atoms in total. The Morgan fingerprint density at radius 2 is 1.65 bits per heavy atom. The van der Waals surface area contributed by atoms with E-state index in [1.54, 1.807) is 31.2 Å².